The van der Waals surface area contributed by atoms with Gasteiger partial charge in [0.25, 0.3) is 11.8 Å². The summed E-state index contributed by atoms with van der Waals surface area (Å²) in [6.45, 7) is 1.84. The second kappa shape index (κ2) is 7.94. The molecule has 2 aromatic rings. The quantitative estimate of drug-likeness (QED) is 0.505. The number of amides is 2. The average Bonchev–Trinajstić information content (AvgIpc) is 3.05. The molecule has 0 aliphatic heterocycles. The van der Waals surface area contributed by atoms with Crippen molar-refractivity contribution in [3.63, 3.8) is 0 Å². The molecular weight excluding hydrogens is 320 g/mol. The maximum absolute atomic E-state index is 12.5. The van der Waals surface area contributed by atoms with Gasteiger partial charge in [-0.05, 0) is 50.3 Å². The Labute approximate surface area is 146 Å². The monoisotopic (exact) mass is 344 g/mol. The van der Waals surface area contributed by atoms with Crippen molar-refractivity contribution in [1.82, 2.24) is 21.0 Å². The van der Waals surface area contributed by atoms with Crippen molar-refractivity contribution in [2.75, 3.05) is 0 Å². The zero-order valence-electron chi connectivity index (χ0n) is 13.4. The SMILES string of the molecule is C.CC(NC(=O)c1n[nH]c2c1CCCC2)c1cccc(C(=O)NO)c1. The van der Waals surface area contributed by atoms with E-state index in [9.17, 15) is 9.59 Å². The van der Waals surface area contributed by atoms with Gasteiger partial charge >= 0.3 is 0 Å². The van der Waals surface area contributed by atoms with Gasteiger partial charge in [-0.3, -0.25) is 19.9 Å². The van der Waals surface area contributed by atoms with E-state index < -0.39 is 5.91 Å². The average molecular weight is 344 g/mol. The Morgan fingerprint density at radius 2 is 2.00 bits per heavy atom. The number of benzene rings is 1. The van der Waals surface area contributed by atoms with Gasteiger partial charge in [-0.25, -0.2) is 5.48 Å². The first-order valence-corrected chi connectivity index (χ1v) is 8.01. The Bertz CT molecular complexity index is 769. The number of nitrogens with one attached hydrogen (secondary N) is 3. The zero-order valence-corrected chi connectivity index (χ0v) is 13.4. The number of hydroxylamine groups is 1. The number of rotatable bonds is 4. The molecule has 7 heteroatoms. The Balaban J connectivity index is 0.00000225. The molecule has 1 unspecified atom stereocenters. The molecule has 3 rings (SSSR count). The van der Waals surface area contributed by atoms with Crippen molar-refractivity contribution in [2.24, 2.45) is 0 Å². The van der Waals surface area contributed by atoms with Crippen LogP contribution in [-0.2, 0) is 12.8 Å². The normalized spacial score (nSPS) is 14.0. The fourth-order valence-electron chi connectivity index (χ4n) is 3.03. The van der Waals surface area contributed by atoms with Crippen LogP contribution in [0.4, 0.5) is 0 Å². The minimum atomic E-state index is -0.586. The molecule has 1 atom stereocenters. The third kappa shape index (κ3) is 3.88. The van der Waals surface area contributed by atoms with Crippen molar-refractivity contribution in [1.29, 1.82) is 0 Å². The van der Waals surface area contributed by atoms with Crippen molar-refractivity contribution < 1.29 is 14.8 Å². The molecule has 2 amide bonds. The third-order valence-electron chi connectivity index (χ3n) is 4.37. The maximum atomic E-state index is 12.5. The lowest BCUT2D eigenvalue weighted by atomic mass is 9.95. The van der Waals surface area contributed by atoms with Gasteiger partial charge in [-0.15, -0.1) is 0 Å². The minimum absolute atomic E-state index is 0. The number of carbonyl (C=O) groups is 2. The summed E-state index contributed by atoms with van der Waals surface area (Å²) in [6, 6.07) is 6.46. The molecule has 25 heavy (non-hydrogen) atoms. The number of H-pyrrole nitrogens is 1. The Morgan fingerprint density at radius 3 is 2.76 bits per heavy atom. The summed E-state index contributed by atoms with van der Waals surface area (Å²) >= 11 is 0. The molecule has 1 aromatic heterocycles. The van der Waals surface area contributed by atoms with E-state index in [4.69, 9.17) is 5.21 Å². The Morgan fingerprint density at radius 1 is 1.24 bits per heavy atom. The second-order valence-corrected chi connectivity index (χ2v) is 6.00. The van der Waals surface area contributed by atoms with Crippen LogP contribution < -0.4 is 10.8 Å². The second-order valence-electron chi connectivity index (χ2n) is 6.00. The molecule has 7 nitrogen and oxygen atoms in total. The predicted molar refractivity (Wildman–Crippen MR) is 93.5 cm³/mol. The van der Waals surface area contributed by atoms with Gasteiger partial charge in [0.05, 0.1) is 6.04 Å². The summed E-state index contributed by atoms with van der Waals surface area (Å²) in [5.41, 5.74) is 5.23. The van der Waals surface area contributed by atoms with Crippen LogP contribution in [0.25, 0.3) is 0 Å². The van der Waals surface area contributed by atoms with Gasteiger partial charge in [-0.1, -0.05) is 19.6 Å². The summed E-state index contributed by atoms with van der Waals surface area (Å²) in [6.07, 6.45) is 3.99. The lowest BCUT2D eigenvalue weighted by Crippen LogP contribution is -2.28. The molecule has 4 N–H and O–H groups in total. The largest absolute Gasteiger partial charge is 0.344 e. The van der Waals surface area contributed by atoms with E-state index in [2.05, 4.69) is 15.5 Å². The van der Waals surface area contributed by atoms with Crippen LogP contribution in [0.1, 0.15) is 70.9 Å². The summed E-state index contributed by atoms with van der Waals surface area (Å²) < 4.78 is 0. The van der Waals surface area contributed by atoms with Crippen LogP contribution in [0.3, 0.4) is 0 Å². The van der Waals surface area contributed by atoms with Gasteiger partial charge < -0.3 is 5.32 Å². The molecule has 0 radical (unpaired) electrons. The van der Waals surface area contributed by atoms with Gasteiger partial charge in [0.1, 0.15) is 0 Å². The molecule has 134 valence electrons. The van der Waals surface area contributed by atoms with E-state index >= 15 is 0 Å². The van der Waals surface area contributed by atoms with E-state index in [1.807, 2.05) is 13.0 Å². The highest BCUT2D eigenvalue weighted by molar-refractivity contribution is 5.95. The predicted octanol–water partition coefficient (Wildman–Crippen LogP) is 2.53. The number of aromatic amines is 1. The van der Waals surface area contributed by atoms with E-state index in [0.29, 0.717) is 11.3 Å². The fraction of sp³-hybridized carbons (Fsp3) is 0.389. The number of aromatic nitrogens is 2. The number of hydrogen-bond donors (Lipinski definition) is 4. The molecule has 1 aromatic carbocycles. The first kappa shape index (κ1) is 18.7. The number of hydrogen-bond acceptors (Lipinski definition) is 4. The van der Waals surface area contributed by atoms with Crippen LogP contribution in [0.15, 0.2) is 24.3 Å². The molecule has 1 heterocycles. The summed E-state index contributed by atoms with van der Waals surface area (Å²) in [5, 5.41) is 18.8. The van der Waals surface area contributed by atoms with Crippen molar-refractivity contribution in [3.8, 4) is 0 Å². The van der Waals surface area contributed by atoms with E-state index in [0.717, 1.165) is 42.5 Å². The minimum Gasteiger partial charge on any atom is -0.344 e. The van der Waals surface area contributed by atoms with Crippen LogP contribution in [0, 0.1) is 0 Å². The summed E-state index contributed by atoms with van der Waals surface area (Å²) in [7, 11) is 0. The fourth-order valence-corrected chi connectivity index (χ4v) is 3.03. The number of fused-ring (bicyclic) bond motifs is 1. The van der Waals surface area contributed by atoms with Crippen LogP contribution >= 0.6 is 0 Å². The third-order valence-corrected chi connectivity index (χ3v) is 4.37. The van der Waals surface area contributed by atoms with Crippen LogP contribution in [-0.4, -0.2) is 27.2 Å². The van der Waals surface area contributed by atoms with E-state index in [1.165, 1.54) is 0 Å². The number of carbonyl (C=O) groups excluding carboxylic acids is 2. The molecular formula is C18H24N4O3. The Kier molecular flexibility index (Phi) is 5.93. The molecule has 0 fully saturated rings. The molecule has 0 bridgehead atoms. The lowest BCUT2D eigenvalue weighted by molar-refractivity contribution is 0.0706. The zero-order chi connectivity index (χ0) is 17.1. The van der Waals surface area contributed by atoms with Crippen LogP contribution in [0.5, 0.6) is 0 Å². The van der Waals surface area contributed by atoms with E-state index in [1.54, 1.807) is 23.7 Å². The highest BCUT2D eigenvalue weighted by Gasteiger charge is 2.23. The highest BCUT2D eigenvalue weighted by Crippen LogP contribution is 2.23. The van der Waals surface area contributed by atoms with Gasteiger partial charge in [0.2, 0.25) is 0 Å². The molecule has 0 spiro atoms. The molecule has 0 saturated heterocycles. The number of aryl methyl sites for hydroxylation is 1. The smallest absolute Gasteiger partial charge is 0.274 e. The molecule has 0 saturated carbocycles. The first-order chi connectivity index (χ1) is 11.6. The number of nitrogens with zero attached hydrogens (tertiary/aromatic N) is 1. The maximum Gasteiger partial charge on any atom is 0.274 e. The van der Waals surface area contributed by atoms with Crippen molar-refractivity contribution >= 4 is 11.8 Å². The van der Waals surface area contributed by atoms with E-state index in [-0.39, 0.29) is 19.4 Å². The van der Waals surface area contributed by atoms with Gasteiger partial charge in [0, 0.05) is 16.8 Å². The summed E-state index contributed by atoms with van der Waals surface area (Å²) in [5.74, 6) is -0.810. The summed E-state index contributed by atoms with van der Waals surface area (Å²) in [4.78, 5) is 24.0. The van der Waals surface area contributed by atoms with Gasteiger partial charge in [0.15, 0.2) is 5.69 Å². The lowest BCUT2D eigenvalue weighted by Gasteiger charge is -2.16. The standard InChI is InChI=1S/C17H20N4O3.CH4/c1-10(11-5-4-6-12(9-11)16(22)21-24)18-17(23)15-13-7-2-3-8-14(13)19-20-15;/h4-6,9-10,24H,2-3,7-8H2,1H3,(H,18,23)(H,19,20)(H,21,22);1H4. The van der Waals surface area contributed by atoms with Crippen molar-refractivity contribution in [3.05, 3.63) is 52.3 Å². The molecule has 1 aliphatic rings. The van der Waals surface area contributed by atoms with Crippen molar-refractivity contribution in [2.45, 2.75) is 46.1 Å². The highest BCUT2D eigenvalue weighted by atomic mass is 16.5. The molecule has 1 aliphatic carbocycles. The Hall–Kier alpha value is -2.67. The first-order valence-electron chi connectivity index (χ1n) is 8.01. The topological polar surface area (TPSA) is 107 Å². The van der Waals surface area contributed by atoms with Gasteiger partial charge in [-0.2, -0.15) is 5.10 Å². The van der Waals surface area contributed by atoms with Crippen LogP contribution in [0.2, 0.25) is 0 Å².